The van der Waals surface area contributed by atoms with Crippen molar-refractivity contribution in [2.75, 3.05) is 19.8 Å². The summed E-state index contributed by atoms with van der Waals surface area (Å²) in [5.74, 6) is 2.00. The molecule has 162 valence electrons. The van der Waals surface area contributed by atoms with Crippen LogP contribution in [0.25, 0.3) is 0 Å². The van der Waals surface area contributed by atoms with Gasteiger partial charge in [-0.2, -0.15) is 0 Å². The molecular weight excluding hydrogens is 384 g/mol. The van der Waals surface area contributed by atoms with Crippen molar-refractivity contribution in [2.45, 2.75) is 40.3 Å². The van der Waals surface area contributed by atoms with Crippen LogP contribution in [0.3, 0.4) is 0 Å². The lowest BCUT2D eigenvalue weighted by molar-refractivity contribution is -0.385. The number of hydrogen-bond acceptors (Lipinski definition) is 5. The Bertz CT molecular complexity index is 870. The first kappa shape index (κ1) is 23.0. The Balaban J connectivity index is 2.19. The average molecular weight is 415 g/mol. The minimum absolute atomic E-state index is 0.0663. The van der Waals surface area contributed by atoms with Crippen LogP contribution in [0.5, 0.6) is 11.5 Å². The number of ether oxygens (including phenoxy) is 2. The zero-order valence-corrected chi connectivity index (χ0v) is 18.0. The summed E-state index contributed by atoms with van der Waals surface area (Å²) < 4.78 is 11.3. The molecule has 8 heteroatoms. The van der Waals surface area contributed by atoms with Crippen LogP contribution in [-0.2, 0) is 6.54 Å². The molecule has 2 aromatic rings. The summed E-state index contributed by atoms with van der Waals surface area (Å²) in [5, 5.41) is 17.8. The molecule has 2 rings (SSSR count). The van der Waals surface area contributed by atoms with E-state index >= 15 is 0 Å². The molecule has 0 saturated carbocycles. The van der Waals surface area contributed by atoms with E-state index in [0.29, 0.717) is 42.8 Å². The molecule has 2 N–H and O–H groups in total. The van der Waals surface area contributed by atoms with Crippen molar-refractivity contribution in [3.8, 4) is 11.5 Å². The third-order valence-corrected chi connectivity index (χ3v) is 4.36. The second kappa shape index (κ2) is 11.6. The van der Waals surface area contributed by atoms with Gasteiger partial charge in [-0.15, -0.1) is 0 Å². The third-order valence-electron chi connectivity index (χ3n) is 4.36. The van der Waals surface area contributed by atoms with Gasteiger partial charge >= 0.3 is 0 Å². The number of rotatable bonds is 10. The van der Waals surface area contributed by atoms with Gasteiger partial charge in [0.2, 0.25) is 0 Å². The van der Waals surface area contributed by atoms with Gasteiger partial charge in [0.15, 0.2) is 17.5 Å². The van der Waals surface area contributed by atoms with Gasteiger partial charge in [-0.1, -0.05) is 24.3 Å². The molecule has 0 aromatic heterocycles. The summed E-state index contributed by atoms with van der Waals surface area (Å²) in [4.78, 5) is 15.4. The molecule has 0 aliphatic heterocycles. The van der Waals surface area contributed by atoms with Crippen LogP contribution in [0.4, 0.5) is 5.69 Å². The molecule has 0 spiro atoms. The van der Waals surface area contributed by atoms with Crippen molar-refractivity contribution >= 4 is 11.6 Å². The molecular formula is C22H30N4O4. The Hall–Kier alpha value is -3.29. The molecule has 0 heterocycles. The predicted molar refractivity (Wildman–Crippen MR) is 118 cm³/mol. The van der Waals surface area contributed by atoms with E-state index in [2.05, 4.69) is 15.6 Å². The first-order valence-electron chi connectivity index (χ1n) is 10.2. The summed E-state index contributed by atoms with van der Waals surface area (Å²) >= 11 is 0. The normalized spacial score (nSPS) is 12.2. The van der Waals surface area contributed by atoms with E-state index in [4.69, 9.17) is 9.47 Å². The van der Waals surface area contributed by atoms with E-state index in [-0.39, 0.29) is 23.2 Å². The van der Waals surface area contributed by atoms with Gasteiger partial charge < -0.3 is 20.1 Å². The van der Waals surface area contributed by atoms with Gasteiger partial charge in [-0.05, 0) is 45.4 Å². The van der Waals surface area contributed by atoms with Crippen molar-refractivity contribution in [2.24, 2.45) is 4.99 Å². The highest BCUT2D eigenvalue weighted by Crippen LogP contribution is 2.30. The highest BCUT2D eigenvalue weighted by atomic mass is 16.6. The van der Waals surface area contributed by atoms with E-state index in [0.717, 1.165) is 5.56 Å². The Morgan fingerprint density at radius 3 is 2.47 bits per heavy atom. The minimum Gasteiger partial charge on any atom is -0.490 e. The van der Waals surface area contributed by atoms with Crippen molar-refractivity contribution in [1.82, 2.24) is 10.6 Å². The van der Waals surface area contributed by atoms with Gasteiger partial charge in [0.1, 0.15) is 0 Å². The Morgan fingerprint density at radius 1 is 1.10 bits per heavy atom. The minimum atomic E-state index is -0.386. The molecule has 0 fully saturated rings. The summed E-state index contributed by atoms with van der Waals surface area (Å²) in [5.41, 5.74) is 1.64. The number of aliphatic imine (C=N–C) groups is 1. The summed E-state index contributed by atoms with van der Waals surface area (Å²) in [7, 11) is 0. The Labute approximate surface area is 177 Å². The molecule has 0 saturated heterocycles. The second-order valence-electron chi connectivity index (χ2n) is 6.52. The molecule has 0 amide bonds. The van der Waals surface area contributed by atoms with Crippen molar-refractivity contribution < 1.29 is 14.4 Å². The van der Waals surface area contributed by atoms with Crippen LogP contribution in [0, 0.1) is 10.1 Å². The van der Waals surface area contributed by atoms with Crippen molar-refractivity contribution in [1.29, 1.82) is 0 Å². The van der Waals surface area contributed by atoms with Crippen LogP contribution in [0.15, 0.2) is 47.5 Å². The quantitative estimate of drug-likeness (QED) is 0.262. The standard InChI is InChI=1S/C22H30N4O4/c1-5-23-22(24-15-18-10-8-9-11-19(18)26(27)28)25-16(4)17-12-13-20(29-6-2)21(14-17)30-7-3/h8-14,16H,5-7,15H2,1-4H3,(H2,23,24,25). The van der Waals surface area contributed by atoms with Gasteiger partial charge in [-0.3, -0.25) is 10.1 Å². The number of nitrogens with one attached hydrogen (secondary N) is 2. The Kier molecular flexibility index (Phi) is 8.93. The number of benzene rings is 2. The van der Waals surface area contributed by atoms with Crippen LogP contribution < -0.4 is 20.1 Å². The fourth-order valence-corrected chi connectivity index (χ4v) is 2.93. The van der Waals surface area contributed by atoms with Gasteiger partial charge in [-0.25, -0.2) is 4.99 Å². The van der Waals surface area contributed by atoms with E-state index in [1.165, 1.54) is 6.07 Å². The highest BCUT2D eigenvalue weighted by Gasteiger charge is 2.14. The zero-order chi connectivity index (χ0) is 21.9. The van der Waals surface area contributed by atoms with Crippen LogP contribution in [0.2, 0.25) is 0 Å². The maximum atomic E-state index is 11.2. The predicted octanol–water partition coefficient (Wildman–Crippen LogP) is 4.21. The molecule has 8 nitrogen and oxygen atoms in total. The number of para-hydroxylation sites is 1. The number of hydrogen-bond donors (Lipinski definition) is 2. The summed E-state index contributed by atoms with van der Waals surface area (Å²) in [6, 6.07) is 12.4. The lowest BCUT2D eigenvalue weighted by Gasteiger charge is -2.20. The van der Waals surface area contributed by atoms with E-state index in [1.807, 2.05) is 45.9 Å². The lowest BCUT2D eigenvalue weighted by atomic mass is 10.1. The zero-order valence-electron chi connectivity index (χ0n) is 18.0. The highest BCUT2D eigenvalue weighted by molar-refractivity contribution is 5.80. The maximum absolute atomic E-state index is 11.2. The van der Waals surface area contributed by atoms with E-state index in [9.17, 15) is 10.1 Å². The molecule has 0 aliphatic carbocycles. The molecule has 1 atom stereocenters. The van der Waals surface area contributed by atoms with Gasteiger partial charge in [0, 0.05) is 12.6 Å². The number of nitro groups is 1. The fraction of sp³-hybridized carbons (Fsp3) is 0.409. The number of guanidine groups is 1. The number of nitro benzene ring substituents is 1. The van der Waals surface area contributed by atoms with Gasteiger partial charge in [0.05, 0.1) is 36.3 Å². The molecule has 0 radical (unpaired) electrons. The smallest absolute Gasteiger partial charge is 0.274 e. The monoisotopic (exact) mass is 414 g/mol. The van der Waals surface area contributed by atoms with Crippen LogP contribution in [-0.4, -0.2) is 30.6 Å². The third kappa shape index (κ3) is 6.37. The molecule has 1 unspecified atom stereocenters. The van der Waals surface area contributed by atoms with Gasteiger partial charge in [0.25, 0.3) is 5.69 Å². The average Bonchev–Trinajstić information content (AvgIpc) is 2.73. The summed E-state index contributed by atoms with van der Waals surface area (Å²) in [6.45, 7) is 9.84. The Morgan fingerprint density at radius 2 is 1.80 bits per heavy atom. The van der Waals surface area contributed by atoms with Crippen molar-refractivity contribution in [3.05, 3.63) is 63.7 Å². The molecule has 2 aromatic carbocycles. The first-order valence-corrected chi connectivity index (χ1v) is 10.2. The molecule has 0 aliphatic rings. The molecule has 0 bridgehead atoms. The van der Waals surface area contributed by atoms with Crippen molar-refractivity contribution in [3.63, 3.8) is 0 Å². The maximum Gasteiger partial charge on any atom is 0.274 e. The SMILES string of the molecule is CCNC(=NCc1ccccc1[N+](=O)[O-])NC(C)c1ccc(OCC)c(OCC)c1. The van der Waals surface area contributed by atoms with E-state index in [1.54, 1.807) is 18.2 Å². The second-order valence-corrected chi connectivity index (χ2v) is 6.52. The van der Waals surface area contributed by atoms with E-state index < -0.39 is 0 Å². The topological polar surface area (TPSA) is 98.0 Å². The molecule has 30 heavy (non-hydrogen) atoms. The summed E-state index contributed by atoms with van der Waals surface area (Å²) in [6.07, 6.45) is 0. The number of nitrogens with zero attached hydrogens (tertiary/aromatic N) is 2. The largest absolute Gasteiger partial charge is 0.490 e. The van der Waals surface area contributed by atoms with Crippen LogP contribution >= 0.6 is 0 Å². The first-order chi connectivity index (χ1) is 14.5. The van der Waals surface area contributed by atoms with Crippen LogP contribution in [0.1, 0.15) is 44.9 Å². The lowest BCUT2D eigenvalue weighted by Crippen LogP contribution is -2.38. The fourth-order valence-electron chi connectivity index (χ4n) is 2.93.